The number of phenols is 1. The standard InChI is InChI=1S/C52H49N3O/c1-33(2)35-20-22-36(23-21-35)39-26-27-53-46(32-39)41-28-40(29-42(30-41)52(5,6)7)43-17-13-18-48-50(43)54-51(44-16-11-12-19-49(44)56)55(48)47-25-24-38(34(3)4)31-45(47)37-14-9-8-10-15-37/h8-34,56H,1-7H3/i33D,34D. The van der Waals surface area contributed by atoms with Crippen LogP contribution in [0.3, 0.4) is 0 Å². The van der Waals surface area contributed by atoms with Gasteiger partial charge in [0.1, 0.15) is 11.6 Å². The Bertz CT molecular complexity index is 2780. The van der Waals surface area contributed by atoms with Gasteiger partial charge in [0.2, 0.25) is 0 Å². The molecule has 4 heteroatoms. The third-order valence-corrected chi connectivity index (χ3v) is 10.7. The molecule has 0 aliphatic carbocycles. The third-order valence-electron chi connectivity index (χ3n) is 10.7. The Labute approximate surface area is 334 Å². The van der Waals surface area contributed by atoms with Crippen LogP contribution < -0.4 is 0 Å². The minimum atomic E-state index is -0.805. The zero-order valence-corrected chi connectivity index (χ0v) is 33.2. The minimum absolute atomic E-state index is 0.145. The summed E-state index contributed by atoms with van der Waals surface area (Å²) < 4.78 is 19.5. The Morgan fingerprint density at radius 2 is 1.25 bits per heavy atom. The number of benzene rings is 6. The number of fused-ring (bicyclic) bond motifs is 1. The molecule has 0 saturated carbocycles. The molecule has 0 radical (unpaired) electrons. The number of rotatable bonds is 8. The van der Waals surface area contributed by atoms with Crippen LogP contribution in [0.1, 0.15) is 79.7 Å². The van der Waals surface area contributed by atoms with Crippen LogP contribution in [-0.4, -0.2) is 19.6 Å². The zero-order valence-electron chi connectivity index (χ0n) is 35.2. The van der Waals surface area contributed by atoms with E-state index in [2.05, 4.69) is 104 Å². The molecule has 6 aromatic carbocycles. The molecule has 0 aliphatic rings. The molecule has 0 unspecified atom stereocenters. The van der Waals surface area contributed by atoms with Crippen LogP contribution in [0.15, 0.2) is 152 Å². The zero-order chi connectivity index (χ0) is 41.0. The first-order valence-electron chi connectivity index (χ1n) is 20.3. The lowest BCUT2D eigenvalue weighted by atomic mass is 9.83. The maximum Gasteiger partial charge on any atom is 0.149 e. The van der Waals surface area contributed by atoms with Crippen molar-refractivity contribution in [2.24, 2.45) is 0 Å². The average molecular weight is 734 g/mol. The highest BCUT2D eigenvalue weighted by Crippen LogP contribution is 2.42. The second-order valence-corrected chi connectivity index (χ2v) is 16.1. The fourth-order valence-corrected chi connectivity index (χ4v) is 7.44. The van der Waals surface area contributed by atoms with Gasteiger partial charge in [-0.15, -0.1) is 0 Å². The topological polar surface area (TPSA) is 50.9 Å². The van der Waals surface area contributed by atoms with E-state index in [1.807, 2.05) is 94.6 Å². The van der Waals surface area contributed by atoms with Gasteiger partial charge in [0.25, 0.3) is 0 Å². The lowest BCUT2D eigenvalue weighted by Crippen LogP contribution is -2.11. The summed E-state index contributed by atoms with van der Waals surface area (Å²) in [6.07, 6.45) is 1.87. The average Bonchev–Trinajstić information content (AvgIpc) is 3.59. The van der Waals surface area contributed by atoms with Crippen molar-refractivity contribution in [1.82, 2.24) is 14.5 Å². The molecule has 8 aromatic rings. The summed E-state index contributed by atoms with van der Waals surface area (Å²) in [4.78, 5) is 10.3. The monoisotopic (exact) mass is 733 g/mol. The molecule has 2 heterocycles. The van der Waals surface area contributed by atoms with Crippen LogP contribution in [0, 0.1) is 0 Å². The van der Waals surface area contributed by atoms with E-state index in [1.165, 1.54) is 5.56 Å². The largest absolute Gasteiger partial charge is 0.507 e. The maximum absolute atomic E-state index is 11.3. The summed E-state index contributed by atoms with van der Waals surface area (Å²) in [5.74, 6) is -0.703. The molecule has 8 rings (SSSR count). The summed E-state index contributed by atoms with van der Waals surface area (Å²) in [5, 5.41) is 11.3. The number of nitrogens with zero attached hydrogens (tertiary/aromatic N) is 3. The molecule has 0 aliphatic heterocycles. The lowest BCUT2D eigenvalue weighted by molar-refractivity contribution is 0.477. The molecule has 1 N–H and O–H groups in total. The van der Waals surface area contributed by atoms with Gasteiger partial charge in [0, 0.05) is 25.6 Å². The summed E-state index contributed by atoms with van der Waals surface area (Å²) >= 11 is 0. The Morgan fingerprint density at radius 1 is 0.571 bits per heavy atom. The van der Waals surface area contributed by atoms with Gasteiger partial charge in [-0.3, -0.25) is 9.55 Å². The first-order chi connectivity index (χ1) is 27.6. The van der Waals surface area contributed by atoms with Gasteiger partial charge >= 0.3 is 0 Å². The van der Waals surface area contributed by atoms with E-state index in [-0.39, 0.29) is 11.2 Å². The molecule has 0 amide bonds. The van der Waals surface area contributed by atoms with Gasteiger partial charge in [0.15, 0.2) is 0 Å². The SMILES string of the molecule is [2H]C(C)(C)c1ccc(-c2ccnc(-c3cc(-c4cccc5c4nc(-c4ccccc4O)n5-c4ccc(C([2H])(C)C)cc4-c4ccccc4)cc(C(C)(C)C)c3)c2)cc1. The molecular weight excluding hydrogens is 683 g/mol. The van der Waals surface area contributed by atoms with Crippen LogP contribution >= 0.6 is 0 Å². The van der Waals surface area contributed by atoms with Crippen LogP contribution in [-0.2, 0) is 5.41 Å². The number of hydrogen-bond donors (Lipinski definition) is 1. The van der Waals surface area contributed by atoms with Crippen molar-refractivity contribution >= 4 is 11.0 Å². The van der Waals surface area contributed by atoms with E-state index in [4.69, 9.17) is 12.7 Å². The fourth-order valence-electron chi connectivity index (χ4n) is 7.44. The van der Waals surface area contributed by atoms with Gasteiger partial charge < -0.3 is 5.11 Å². The molecule has 2 aromatic heterocycles. The molecule has 0 bridgehead atoms. The van der Waals surface area contributed by atoms with E-state index < -0.39 is 11.8 Å². The first-order valence-corrected chi connectivity index (χ1v) is 19.3. The fraction of sp³-hybridized carbons (Fsp3) is 0.192. The van der Waals surface area contributed by atoms with E-state index in [9.17, 15) is 5.11 Å². The van der Waals surface area contributed by atoms with Crippen LogP contribution in [0.2, 0.25) is 0 Å². The van der Waals surface area contributed by atoms with E-state index >= 15 is 0 Å². The Morgan fingerprint density at radius 3 is 1.96 bits per heavy atom. The molecule has 0 saturated heterocycles. The second kappa shape index (κ2) is 14.8. The highest BCUT2D eigenvalue weighted by molar-refractivity contribution is 5.97. The number of aromatic hydroxyl groups is 1. The predicted octanol–water partition coefficient (Wildman–Crippen LogP) is 14.0. The molecule has 0 spiro atoms. The van der Waals surface area contributed by atoms with Gasteiger partial charge in [-0.05, 0) is 111 Å². The van der Waals surface area contributed by atoms with Crippen molar-refractivity contribution in [3.8, 4) is 67.5 Å². The van der Waals surface area contributed by atoms with Gasteiger partial charge in [-0.25, -0.2) is 4.98 Å². The Kier molecular flexibility index (Phi) is 9.03. The number of para-hydroxylation sites is 2. The summed E-state index contributed by atoms with van der Waals surface area (Å²) in [7, 11) is 0. The van der Waals surface area contributed by atoms with Crippen molar-refractivity contribution in [3.63, 3.8) is 0 Å². The highest BCUT2D eigenvalue weighted by Gasteiger charge is 2.24. The van der Waals surface area contributed by atoms with Crippen LogP contribution in [0.4, 0.5) is 0 Å². The normalized spacial score (nSPS) is 12.8. The first kappa shape index (κ1) is 34.2. The molecular formula is C52H49N3O. The maximum atomic E-state index is 11.3. The molecule has 0 atom stereocenters. The lowest BCUT2D eigenvalue weighted by Gasteiger charge is -2.22. The Balaban J connectivity index is 1.35. The van der Waals surface area contributed by atoms with Crippen molar-refractivity contribution in [2.45, 2.75) is 65.7 Å². The molecule has 278 valence electrons. The number of phenolic OH excluding ortho intramolecular Hbond substituents is 1. The number of aromatic nitrogens is 3. The summed E-state index contributed by atoms with van der Waals surface area (Å²) in [5.41, 5.74) is 14.1. The van der Waals surface area contributed by atoms with Crippen LogP contribution in [0.5, 0.6) is 5.75 Å². The van der Waals surface area contributed by atoms with Crippen molar-refractivity contribution in [2.75, 3.05) is 0 Å². The van der Waals surface area contributed by atoms with E-state index in [0.29, 0.717) is 11.4 Å². The third kappa shape index (κ3) is 7.04. The van der Waals surface area contributed by atoms with Gasteiger partial charge in [0.05, 0.1) is 28.0 Å². The summed E-state index contributed by atoms with van der Waals surface area (Å²) in [6.45, 7) is 14.3. The van der Waals surface area contributed by atoms with Crippen LogP contribution in [0.25, 0.3) is 72.7 Å². The Hall–Kier alpha value is -6.26. The quantitative estimate of drug-likeness (QED) is 0.169. The van der Waals surface area contributed by atoms with E-state index in [0.717, 1.165) is 72.5 Å². The second-order valence-electron chi connectivity index (χ2n) is 16.1. The van der Waals surface area contributed by atoms with Crippen molar-refractivity contribution in [3.05, 3.63) is 168 Å². The molecule has 4 nitrogen and oxygen atoms in total. The van der Waals surface area contributed by atoms with Gasteiger partial charge in [-0.2, -0.15) is 0 Å². The molecule has 56 heavy (non-hydrogen) atoms. The number of pyridine rings is 1. The highest BCUT2D eigenvalue weighted by atomic mass is 16.3. The predicted molar refractivity (Wildman–Crippen MR) is 235 cm³/mol. The summed E-state index contributed by atoms with van der Waals surface area (Å²) in [6, 6.07) is 49.3. The van der Waals surface area contributed by atoms with Crippen molar-refractivity contribution in [1.29, 1.82) is 0 Å². The number of hydrogen-bond acceptors (Lipinski definition) is 3. The minimum Gasteiger partial charge on any atom is -0.507 e. The number of imidazole rings is 1. The molecule has 0 fully saturated rings. The smallest absolute Gasteiger partial charge is 0.149 e. The van der Waals surface area contributed by atoms with Gasteiger partial charge in [-0.1, -0.05) is 139 Å². The van der Waals surface area contributed by atoms with Crippen molar-refractivity contribution < 1.29 is 7.85 Å². The van der Waals surface area contributed by atoms with E-state index in [1.54, 1.807) is 6.07 Å².